The number of nitrogens with one attached hydrogen (secondary N) is 3. The third kappa shape index (κ3) is 4.97. The summed E-state index contributed by atoms with van der Waals surface area (Å²) in [6, 6.07) is 16.1. The molecule has 0 fully saturated rings. The van der Waals surface area contributed by atoms with E-state index in [4.69, 9.17) is 4.74 Å². The van der Waals surface area contributed by atoms with E-state index < -0.39 is 15.8 Å². The number of aromatic amines is 2. The van der Waals surface area contributed by atoms with Gasteiger partial charge in [-0.2, -0.15) is 5.10 Å². The van der Waals surface area contributed by atoms with E-state index >= 15 is 0 Å². The maximum absolute atomic E-state index is 14.5. The van der Waals surface area contributed by atoms with Crippen LogP contribution in [0.15, 0.2) is 73.2 Å². The first-order valence-electron chi connectivity index (χ1n) is 12.0. The summed E-state index contributed by atoms with van der Waals surface area (Å²) in [7, 11) is -1.80. The molecule has 39 heavy (non-hydrogen) atoms. The number of hydrogen-bond donors (Lipinski definition) is 3. The number of nitrogens with zero attached hydrogens (tertiary/aromatic N) is 3. The Balaban J connectivity index is 1.42. The van der Waals surface area contributed by atoms with Crippen molar-refractivity contribution in [2.24, 2.45) is 0 Å². The maximum Gasteiger partial charge on any atom is 0.209 e. The first-order valence-corrected chi connectivity index (χ1v) is 13.9. The molecule has 9 nitrogen and oxygen atoms in total. The van der Waals surface area contributed by atoms with Crippen molar-refractivity contribution in [3.8, 4) is 39.5 Å². The highest BCUT2D eigenvalue weighted by atomic mass is 32.2. The van der Waals surface area contributed by atoms with E-state index in [1.807, 2.05) is 36.4 Å². The van der Waals surface area contributed by atoms with Crippen molar-refractivity contribution >= 4 is 31.8 Å². The fraction of sp³-hybridized carbons (Fsp3) is 0.107. The van der Waals surface area contributed by atoms with E-state index in [2.05, 4.69) is 29.9 Å². The second-order valence-corrected chi connectivity index (χ2v) is 11.0. The van der Waals surface area contributed by atoms with Crippen LogP contribution in [0.4, 0.5) is 4.39 Å². The number of rotatable bonds is 7. The minimum absolute atomic E-state index is 0.0195. The van der Waals surface area contributed by atoms with Crippen molar-refractivity contribution in [2.75, 3.05) is 13.4 Å². The van der Waals surface area contributed by atoms with Crippen LogP contribution >= 0.6 is 0 Å². The molecule has 196 valence electrons. The normalized spacial score (nSPS) is 11.9. The standard InChI is InChI=1S/C28H23FN6O3S/c1-38-20-5-3-4-17(9-20)24-11-22-27(15-31-24)34-35-28(22)25-10-21-23(13-30-14-26(21)33-25)18-6-16(7-19(29)8-18)12-32-39(2,36)37/h3-11,13-15,32-33H,12H2,1-2H3,(H,34,35). The highest BCUT2D eigenvalue weighted by molar-refractivity contribution is 7.88. The Labute approximate surface area is 223 Å². The number of hydrogen-bond acceptors (Lipinski definition) is 6. The van der Waals surface area contributed by atoms with Gasteiger partial charge in [-0.05, 0) is 53.6 Å². The number of methoxy groups -OCH3 is 1. The molecule has 0 saturated heterocycles. The van der Waals surface area contributed by atoms with Crippen LogP contribution in [0.5, 0.6) is 5.75 Å². The van der Waals surface area contributed by atoms with Gasteiger partial charge in [0.1, 0.15) is 17.3 Å². The van der Waals surface area contributed by atoms with Crippen LogP contribution in [0.25, 0.3) is 55.6 Å². The van der Waals surface area contributed by atoms with Gasteiger partial charge in [-0.1, -0.05) is 12.1 Å². The third-order valence-corrected chi connectivity index (χ3v) is 7.09. The number of halogens is 1. The summed E-state index contributed by atoms with van der Waals surface area (Å²) in [5.41, 5.74) is 6.46. The van der Waals surface area contributed by atoms with Gasteiger partial charge in [0.2, 0.25) is 10.0 Å². The molecule has 0 amide bonds. The van der Waals surface area contributed by atoms with E-state index in [0.29, 0.717) is 22.4 Å². The Morgan fingerprint density at radius 3 is 2.67 bits per heavy atom. The van der Waals surface area contributed by atoms with Crippen LogP contribution in [0.3, 0.4) is 0 Å². The molecule has 11 heteroatoms. The van der Waals surface area contributed by atoms with Gasteiger partial charge >= 0.3 is 0 Å². The van der Waals surface area contributed by atoms with Crippen LogP contribution < -0.4 is 9.46 Å². The molecule has 0 spiro atoms. The summed E-state index contributed by atoms with van der Waals surface area (Å²) >= 11 is 0. The lowest BCUT2D eigenvalue weighted by Gasteiger charge is -2.08. The Morgan fingerprint density at radius 1 is 0.974 bits per heavy atom. The van der Waals surface area contributed by atoms with Gasteiger partial charge < -0.3 is 9.72 Å². The van der Waals surface area contributed by atoms with Gasteiger partial charge in [-0.25, -0.2) is 17.5 Å². The lowest BCUT2D eigenvalue weighted by molar-refractivity contribution is 0.415. The van der Waals surface area contributed by atoms with Crippen molar-refractivity contribution < 1.29 is 17.5 Å². The second-order valence-electron chi connectivity index (χ2n) is 9.19. The first kappa shape index (κ1) is 24.7. The Bertz CT molecular complexity index is 1970. The summed E-state index contributed by atoms with van der Waals surface area (Å²) in [4.78, 5) is 12.3. The zero-order chi connectivity index (χ0) is 27.1. The Kier molecular flexibility index (Phi) is 6.09. The van der Waals surface area contributed by atoms with Crippen molar-refractivity contribution in [1.29, 1.82) is 0 Å². The van der Waals surface area contributed by atoms with E-state index in [1.54, 1.807) is 31.8 Å². The summed E-state index contributed by atoms with van der Waals surface area (Å²) in [5.74, 6) is 0.270. The van der Waals surface area contributed by atoms with E-state index in [0.717, 1.165) is 50.8 Å². The summed E-state index contributed by atoms with van der Waals surface area (Å²) < 4.78 is 45.3. The van der Waals surface area contributed by atoms with Crippen LogP contribution in [-0.4, -0.2) is 46.9 Å². The molecule has 0 atom stereocenters. The molecule has 0 unspecified atom stereocenters. The number of benzene rings is 2. The van der Waals surface area contributed by atoms with E-state index in [9.17, 15) is 12.8 Å². The predicted molar refractivity (Wildman–Crippen MR) is 148 cm³/mol. The largest absolute Gasteiger partial charge is 0.497 e. The summed E-state index contributed by atoms with van der Waals surface area (Å²) in [6.07, 6.45) is 6.17. The molecule has 4 heterocycles. The fourth-order valence-electron chi connectivity index (χ4n) is 4.59. The average molecular weight is 543 g/mol. The smallest absolute Gasteiger partial charge is 0.209 e. The molecule has 0 radical (unpaired) electrons. The maximum atomic E-state index is 14.5. The van der Waals surface area contributed by atoms with Gasteiger partial charge in [0.05, 0.1) is 48.2 Å². The summed E-state index contributed by atoms with van der Waals surface area (Å²) in [6.45, 7) is -0.0195. The Hall–Kier alpha value is -4.61. The molecular formula is C28H23FN6O3S. The molecule has 0 aliphatic carbocycles. The predicted octanol–water partition coefficient (Wildman–Crippen LogP) is 5.03. The molecule has 4 aromatic heterocycles. The topological polar surface area (TPSA) is 126 Å². The zero-order valence-electron chi connectivity index (χ0n) is 21.0. The molecule has 0 saturated carbocycles. The molecule has 0 aliphatic rings. The Morgan fingerprint density at radius 2 is 1.85 bits per heavy atom. The molecule has 3 N–H and O–H groups in total. The third-order valence-electron chi connectivity index (χ3n) is 6.42. The van der Waals surface area contributed by atoms with Crippen molar-refractivity contribution in [3.63, 3.8) is 0 Å². The van der Waals surface area contributed by atoms with Crippen molar-refractivity contribution in [2.45, 2.75) is 6.54 Å². The van der Waals surface area contributed by atoms with Crippen LogP contribution in [-0.2, 0) is 16.6 Å². The molecule has 0 aliphatic heterocycles. The van der Waals surface area contributed by atoms with Crippen LogP contribution in [0.1, 0.15) is 5.56 Å². The molecule has 2 aromatic carbocycles. The van der Waals surface area contributed by atoms with Gasteiger partial charge in [0.25, 0.3) is 0 Å². The minimum atomic E-state index is -3.42. The number of ether oxygens (including phenoxy) is 1. The average Bonchev–Trinajstić information content (AvgIpc) is 3.55. The number of pyridine rings is 2. The van der Waals surface area contributed by atoms with Gasteiger partial charge in [-0.15, -0.1) is 0 Å². The lowest BCUT2D eigenvalue weighted by Crippen LogP contribution is -2.21. The van der Waals surface area contributed by atoms with Crippen molar-refractivity contribution in [3.05, 3.63) is 84.6 Å². The highest BCUT2D eigenvalue weighted by Gasteiger charge is 2.16. The monoisotopic (exact) mass is 542 g/mol. The highest BCUT2D eigenvalue weighted by Crippen LogP contribution is 2.35. The van der Waals surface area contributed by atoms with E-state index in [1.165, 1.54) is 12.1 Å². The fourth-order valence-corrected chi connectivity index (χ4v) is 5.02. The van der Waals surface area contributed by atoms with Gasteiger partial charge in [-0.3, -0.25) is 15.1 Å². The zero-order valence-corrected chi connectivity index (χ0v) is 21.8. The SMILES string of the molecule is COc1cccc(-c2cc3c(-c4cc5c(-c6cc(F)cc(CNS(C)(=O)=O)c6)cncc5[nH]4)n[nH]c3cn2)c1. The molecule has 6 rings (SSSR count). The van der Waals surface area contributed by atoms with Gasteiger partial charge in [0, 0.05) is 34.6 Å². The molecule has 6 aromatic rings. The van der Waals surface area contributed by atoms with Crippen LogP contribution in [0.2, 0.25) is 0 Å². The van der Waals surface area contributed by atoms with Gasteiger partial charge in [0.15, 0.2) is 0 Å². The quantitative estimate of drug-likeness (QED) is 0.260. The number of sulfonamides is 1. The first-order chi connectivity index (χ1) is 18.8. The van der Waals surface area contributed by atoms with Crippen molar-refractivity contribution in [1.82, 2.24) is 29.9 Å². The lowest BCUT2D eigenvalue weighted by atomic mass is 10.0. The van der Waals surface area contributed by atoms with E-state index in [-0.39, 0.29) is 6.54 Å². The number of H-pyrrole nitrogens is 2. The minimum Gasteiger partial charge on any atom is -0.497 e. The second kappa shape index (κ2) is 9.61. The van der Waals surface area contributed by atoms with Crippen LogP contribution in [0, 0.1) is 5.82 Å². The number of fused-ring (bicyclic) bond motifs is 2. The molecule has 0 bridgehead atoms. The summed E-state index contributed by atoms with van der Waals surface area (Å²) in [5, 5.41) is 9.29. The number of aromatic nitrogens is 5. The molecular weight excluding hydrogens is 519 g/mol.